The minimum Gasteiger partial charge on any atom is -0.288 e. The number of hydrogen-bond acceptors (Lipinski definition) is 5. The van der Waals surface area contributed by atoms with Crippen molar-refractivity contribution in [1.29, 1.82) is 0 Å². The number of carbonyl (C=O) groups excluding carboxylic acids is 1. The Balaban J connectivity index is 2.14. The van der Waals surface area contributed by atoms with Crippen LogP contribution in [-0.2, 0) is 19.3 Å². The Hall–Kier alpha value is -0.660. The van der Waals surface area contributed by atoms with E-state index in [0.29, 0.717) is 11.7 Å². The van der Waals surface area contributed by atoms with Crippen LogP contribution in [-0.4, -0.2) is 31.6 Å². The van der Waals surface area contributed by atoms with E-state index in [1.165, 1.54) is 11.3 Å². The third-order valence-corrected chi connectivity index (χ3v) is 5.24. The van der Waals surface area contributed by atoms with Gasteiger partial charge < -0.3 is 0 Å². The van der Waals surface area contributed by atoms with Crippen molar-refractivity contribution < 1.29 is 13.2 Å². The molecular formula is C12H17ClN2O3S2. The Bertz CT molecular complexity index is 619. The molecular weight excluding hydrogens is 320 g/mol. The van der Waals surface area contributed by atoms with E-state index < -0.39 is 9.05 Å². The van der Waals surface area contributed by atoms with Crippen molar-refractivity contribution in [2.24, 2.45) is 5.92 Å². The molecule has 1 fully saturated rings. The molecule has 20 heavy (non-hydrogen) atoms. The highest BCUT2D eigenvalue weighted by Crippen LogP contribution is 2.32. The molecule has 1 aliphatic heterocycles. The lowest BCUT2D eigenvalue weighted by atomic mass is 9.93. The SMILES string of the molecule is CC(C)(C)c1csc(N2CC(CS(=O)(=O)Cl)CC2=O)n1. The highest BCUT2D eigenvalue weighted by molar-refractivity contribution is 8.13. The van der Waals surface area contributed by atoms with Gasteiger partial charge in [-0.2, -0.15) is 0 Å². The topological polar surface area (TPSA) is 67.3 Å². The summed E-state index contributed by atoms with van der Waals surface area (Å²) in [6.45, 7) is 6.53. The highest BCUT2D eigenvalue weighted by atomic mass is 35.7. The van der Waals surface area contributed by atoms with Crippen LogP contribution in [0, 0.1) is 5.92 Å². The third-order valence-electron chi connectivity index (χ3n) is 3.13. The Morgan fingerprint density at radius 3 is 2.65 bits per heavy atom. The van der Waals surface area contributed by atoms with E-state index in [1.807, 2.05) is 5.38 Å². The van der Waals surface area contributed by atoms with Gasteiger partial charge in [0, 0.05) is 40.4 Å². The summed E-state index contributed by atoms with van der Waals surface area (Å²) in [6, 6.07) is 0. The predicted molar refractivity (Wildman–Crippen MR) is 80.9 cm³/mol. The van der Waals surface area contributed by atoms with E-state index >= 15 is 0 Å². The average molecular weight is 337 g/mol. The van der Waals surface area contributed by atoms with Gasteiger partial charge >= 0.3 is 0 Å². The molecule has 0 aromatic carbocycles. The van der Waals surface area contributed by atoms with Crippen molar-refractivity contribution in [3.63, 3.8) is 0 Å². The van der Waals surface area contributed by atoms with Gasteiger partial charge in [0.2, 0.25) is 15.0 Å². The van der Waals surface area contributed by atoms with E-state index in [4.69, 9.17) is 10.7 Å². The van der Waals surface area contributed by atoms with Crippen LogP contribution in [0.1, 0.15) is 32.9 Å². The summed E-state index contributed by atoms with van der Waals surface area (Å²) in [5.41, 5.74) is 0.856. The van der Waals surface area contributed by atoms with Gasteiger partial charge in [-0.15, -0.1) is 11.3 Å². The number of hydrogen-bond donors (Lipinski definition) is 0. The quantitative estimate of drug-likeness (QED) is 0.795. The fourth-order valence-corrected chi connectivity index (χ4v) is 4.49. The lowest BCUT2D eigenvalue weighted by Crippen LogP contribution is -2.25. The maximum atomic E-state index is 12.0. The fraction of sp³-hybridized carbons (Fsp3) is 0.667. The van der Waals surface area contributed by atoms with Crippen LogP contribution in [0.15, 0.2) is 5.38 Å². The summed E-state index contributed by atoms with van der Waals surface area (Å²) in [5.74, 6) is -0.522. The van der Waals surface area contributed by atoms with Gasteiger partial charge in [0.15, 0.2) is 5.13 Å². The average Bonchev–Trinajstić information content (AvgIpc) is 2.81. The first-order valence-corrected chi connectivity index (χ1v) is 9.61. The molecule has 112 valence electrons. The smallest absolute Gasteiger partial charge is 0.232 e. The van der Waals surface area contributed by atoms with E-state index in [1.54, 1.807) is 4.90 Å². The Labute approximate surface area is 127 Å². The van der Waals surface area contributed by atoms with E-state index in [9.17, 15) is 13.2 Å². The molecule has 2 heterocycles. The van der Waals surface area contributed by atoms with Gasteiger partial charge in [0.05, 0.1) is 11.4 Å². The fourth-order valence-electron chi connectivity index (χ4n) is 2.09. The van der Waals surface area contributed by atoms with Crippen LogP contribution in [0.25, 0.3) is 0 Å². The van der Waals surface area contributed by atoms with E-state index in [0.717, 1.165) is 5.69 Å². The number of aromatic nitrogens is 1. The molecule has 1 aromatic heterocycles. The largest absolute Gasteiger partial charge is 0.288 e. The molecule has 0 bridgehead atoms. The van der Waals surface area contributed by atoms with Crippen molar-refractivity contribution in [2.75, 3.05) is 17.2 Å². The summed E-state index contributed by atoms with van der Waals surface area (Å²) in [5, 5.41) is 2.57. The summed E-state index contributed by atoms with van der Waals surface area (Å²) < 4.78 is 22.2. The number of nitrogens with zero attached hydrogens (tertiary/aromatic N) is 2. The second kappa shape index (κ2) is 5.27. The van der Waals surface area contributed by atoms with Crippen LogP contribution in [0.3, 0.4) is 0 Å². The highest BCUT2D eigenvalue weighted by Gasteiger charge is 2.35. The van der Waals surface area contributed by atoms with Crippen LogP contribution < -0.4 is 4.90 Å². The number of thiazole rings is 1. The monoisotopic (exact) mass is 336 g/mol. The molecule has 1 unspecified atom stereocenters. The summed E-state index contributed by atoms with van der Waals surface area (Å²) in [6.07, 6.45) is 0.205. The number of anilines is 1. The normalized spacial score (nSPS) is 20.7. The molecule has 0 saturated carbocycles. The van der Waals surface area contributed by atoms with Gasteiger partial charge in [0.25, 0.3) is 0 Å². The molecule has 0 N–H and O–H groups in total. The zero-order chi connectivity index (χ0) is 15.1. The first-order chi connectivity index (χ1) is 9.06. The van der Waals surface area contributed by atoms with Gasteiger partial charge in [-0.05, 0) is 0 Å². The molecule has 1 atom stereocenters. The molecule has 1 aliphatic rings. The lowest BCUT2D eigenvalue weighted by Gasteiger charge is -2.16. The molecule has 1 amide bonds. The molecule has 0 spiro atoms. The first-order valence-electron chi connectivity index (χ1n) is 6.25. The van der Waals surface area contributed by atoms with Crippen LogP contribution >= 0.6 is 22.0 Å². The minimum atomic E-state index is -3.58. The van der Waals surface area contributed by atoms with Crippen molar-refractivity contribution in [3.8, 4) is 0 Å². The lowest BCUT2D eigenvalue weighted by molar-refractivity contribution is -0.117. The number of rotatable bonds is 3. The van der Waals surface area contributed by atoms with Crippen LogP contribution in [0.5, 0.6) is 0 Å². The van der Waals surface area contributed by atoms with Crippen LogP contribution in [0.4, 0.5) is 5.13 Å². The maximum Gasteiger partial charge on any atom is 0.232 e. The second-order valence-corrected chi connectivity index (χ2v) is 9.70. The zero-order valence-electron chi connectivity index (χ0n) is 11.6. The second-order valence-electron chi connectivity index (χ2n) is 6.05. The van der Waals surface area contributed by atoms with Gasteiger partial charge in [-0.25, -0.2) is 13.4 Å². The minimum absolute atomic E-state index is 0.0730. The predicted octanol–water partition coefficient (Wildman–Crippen LogP) is 2.36. The maximum absolute atomic E-state index is 12.0. The Morgan fingerprint density at radius 2 is 2.15 bits per heavy atom. The third kappa shape index (κ3) is 3.71. The molecule has 0 aliphatic carbocycles. The van der Waals surface area contributed by atoms with E-state index in [2.05, 4.69) is 25.8 Å². The van der Waals surface area contributed by atoms with Crippen molar-refractivity contribution >= 4 is 42.1 Å². The van der Waals surface area contributed by atoms with Crippen molar-refractivity contribution in [1.82, 2.24) is 4.98 Å². The molecule has 1 aromatic rings. The Kier molecular flexibility index (Phi) is 4.15. The Morgan fingerprint density at radius 1 is 1.50 bits per heavy atom. The van der Waals surface area contributed by atoms with Crippen molar-refractivity contribution in [2.45, 2.75) is 32.6 Å². The summed E-state index contributed by atoms with van der Waals surface area (Å²) >= 11 is 1.41. The summed E-state index contributed by atoms with van der Waals surface area (Å²) in [7, 11) is 1.67. The molecule has 2 rings (SSSR count). The number of carbonyl (C=O) groups is 1. The van der Waals surface area contributed by atoms with Gasteiger partial charge in [0.1, 0.15) is 0 Å². The van der Waals surface area contributed by atoms with E-state index in [-0.39, 0.29) is 29.4 Å². The van der Waals surface area contributed by atoms with Crippen LogP contribution in [0.2, 0.25) is 0 Å². The molecule has 8 heteroatoms. The standard InChI is InChI=1S/C12H17ClN2O3S2/c1-12(2,3)9-6-19-11(14-9)15-5-8(4-10(15)16)7-20(13,17)18/h6,8H,4-5,7H2,1-3H3. The molecule has 1 saturated heterocycles. The molecule has 5 nitrogen and oxygen atoms in total. The zero-order valence-corrected chi connectivity index (χ0v) is 14.0. The van der Waals surface area contributed by atoms with Gasteiger partial charge in [-0.3, -0.25) is 9.69 Å². The van der Waals surface area contributed by atoms with Gasteiger partial charge in [-0.1, -0.05) is 20.8 Å². The van der Waals surface area contributed by atoms with Crippen molar-refractivity contribution in [3.05, 3.63) is 11.1 Å². The summed E-state index contributed by atoms with van der Waals surface area (Å²) in [4.78, 5) is 18.0. The first kappa shape index (κ1) is 15.7. The molecule has 0 radical (unpaired) electrons. The number of amides is 1. The number of halogens is 1.